The SMILES string of the molecule is CC[N+](C)(CC)CCOC(=O)C(O)(c1ccccc1)c1cccs1. The monoisotopic (exact) mass is 348 g/mol. The average Bonchev–Trinajstić information content (AvgIpc) is 3.16. The molecule has 2 rings (SSSR count). The number of carbonyl (C=O) groups excluding carboxylic acids is 1. The number of benzene rings is 1. The van der Waals surface area contributed by atoms with Crippen LogP contribution in [0.2, 0.25) is 0 Å². The van der Waals surface area contributed by atoms with Gasteiger partial charge in [0, 0.05) is 5.56 Å². The summed E-state index contributed by atoms with van der Waals surface area (Å²) in [7, 11) is 2.14. The van der Waals surface area contributed by atoms with Crippen molar-refractivity contribution in [2.24, 2.45) is 0 Å². The number of thiophene rings is 1. The molecular formula is C19H26NO3S+. The highest BCUT2D eigenvalue weighted by Crippen LogP contribution is 2.34. The molecular weight excluding hydrogens is 322 g/mol. The first-order valence-corrected chi connectivity index (χ1v) is 9.17. The molecule has 0 saturated heterocycles. The summed E-state index contributed by atoms with van der Waals surface area (Å²) in [5.74, 6) is -0.616. The Hall–Kier alpha value is -1.69. The van der Waals surface area contributed by atoms with Gasteiger partial charge in [-0.1, -0.05) is 36.4 Å². The zero-order valence-electron chi connectivity index (χ0n) is 14.6. The third kappa shape index (κ3) is 3.86. The van der Waals surface area contributed by atoms with Crippen LogP contribution in [0.15, 0.2) is 47.8 Å². The van der Waals surface area contributed by atoms with Gasteiger partial charge < -0.3 is 14.3 Å². The molecule has 0 fully saturated rings. The minimum absolute atomic E-state index is 0.289. The van der Waals surface area contributed by atoms with Gasteiger partial charge in [0.25, 0.3) is 0 Å². The van der Waals surface area contributed by atoms with Gasteiger partial charge in [-0.25, -0.2) is 4.79 Å². The molecule has 1 aromatic carbocycles. The average molecular weight is 348 g/mol. The minimum atomic E-state index is -1.75. The number of rotatable bonds is 8. The number of hydrogen-bond acceptors (Lipinski definition) is 4. The Labute approximate surface area is 147 Å². The lowest BCUT2D eigenvalue weighted by Crippen LogP contribution is -2.47. The van der Waals surface area contributed by atoms with Crippen LogP contribution >= 0.6 is 11.3 Å². The van der Waals surface area contributed by atoms with E-state index in [4.69, 9.17) is 4.74 Å². The van der Waals surface area contributed by atoms with Crippen molar-refractivity contribution in [3.8, 4) is 0 Å². The van der Waals surface area contributed by atoms with Crippen molar-refractivity contribution in [2.75, 3.05) is 33.3 Å². The van der Waals surface area contributed by atoms with E-state index in [0.717, 1.165) is 24.1 Å². The predicted octanol–water partition coefficient (Wildman–Crippen LogP) is 3.01. The maximum Gasteiger partial charge on any atom is 0.348 e. The Bertz CT molecular complexity index is 638. The maximum absolute atomic E-state index is 12.8. The van der Waals surface area contributed by atoms with Gasteiger partial charge in [0.1, 0.15) is 13.2 Å². The number of nitrogens with zero attached hydrogens (tertiary/aromatic N) is 1. The number of hydrogen-bond donors (Lipinski definition) is 1. The van der Waals surface area contributed by atoms with E-state index in [1.165, 1.54) is 11.3 Å². The van der Waals surface area contributed by atoms with Crippen LogP contribution in [0.4, 0.5) is 0 Å². The molecule has 1 atom stereocenters. The van der Waals surface area contributed by atoms with Gasteiger partial charge in [0.05, 0.1) is 25.0 Å². The van der Waals surface area contributed by atoms with Crippen molar-refractivity contribution in [3.05, 3.63) is 58.3 Å². The Morgan fingerprint density at radius 2 is 1.83 bits per heavy atom. The van der Waals surface area contributed by atoms with Gasteiger partial charge in [0.15, 0.2) is 0 Å². The van der Waals surface area contributed by atoms with Crippen LogP contribution in [0.3, 0.4) is 0 Å². The number of aliphatic hydroxyl groups is 1. The Kier molecular flexibility index (Phi) is 6.15. The first kappa shape index (κ1) is 18.6. The fourth-order valence-corrected chi connectivity index (χ4v) is 3.36. The molecule has 4 nitrogen and oxygen atoms in total. The van der Waals surface area contributed by atoms with Crippen LogP contribution in [-0.4, -0.2) is 48.8 Å². The fraction of sp³-hybridized carbons (Fsp3) is 0.421. The number of quaternary nitrogens is 1. The summed E-state index contributed by atoms with van der Waals surface area (Å²) in [6.45, 7) is 7.21. The number of ether oxygens (including phenoxy) is 1. The minimum Gasteiger partial charge on any atom is -0.457 e. The van der Waals surface area contributed by atoms with E-state index in [9.17, 15) is 9.90 Å². The van der Waals surface area contributed by atoms with Gasteiger partial charge in [-0.05, 0) is 25.3 Å². The zero-order valence-corrected chi connectivity index (χ0v) is 15.4. The molecule has 24 heavy (non-hydrogen) atoms. The second-order valence-electron chi connectivity index (χ2n) is 6.17. The third-order valence-corrected chi connectivity index (χ3v) is 5.73. The highest BCUT2D eigenvalue weighted by Gasteiger charge is 2.42. The summed E-state index contributed by atoms with van der Waals surface area (Å²) in [5.41, 5.74) is -1.22. The van der Waals surface area contributed by atoms with Crippen LogP contribution in [0, 0.1) is 0 Å². The lowest BCUT2D eigenvalue weighted by Gasteiger charge is -2.32. The summed E-state index contributed by atoms with van der Waals surface area (Å²) in [4.78, 5) is 13.3. The highest BCUT2D eigenvalue weighted by molar-refractivity contribution is 7.10. The lowest BCUT2D eigenvalue weighted by molar-refractivity contribution is -0.906. The van der Waals surface area contributed by atoms with Gasteiger partial charge in [-0.3, -0.25) is 0 Å². The first-order valence-electron chi connectivity index (χ1n) is 8.29. The number of esters is 1. The maximum atomic E-state index is 12.8. The molecule has 130 valence electrons. The molecule has 0 aliphatic carbocycles. The Balaban J connectivity index is 2.18. The second kappa shape index (κ2) is 7.92. The largest absolute Gasteiger partial charge is 0.457 e. The summed E-state index contributed by atoms with van der Waals surface area (Å²) < 4.78 is 6.32. The van der Waals surface area contributed by atoms with Crippen molar-refractivity contribution in [1.29, 1.82) is 0 Å². The molecule has 1 aromatic heterocycles. The fourth-order valence-electron chi connectivity index (χ4n) is 2.53. The third-order valence-electron chi connectivity index (χ3n) is 4.76. The van der Waals surface area contributed by atoms with Crippen LogP contribution in [0.1, 0.15) is 24.3 Å². The van der Waals surface area contributed by atoms with Gasteiger partial charge in [-0.2, -0.15) is 0 Å². The molecule has 1 unspecified atom stereocenters. The Morgan fingerprint density at radius 3 is 2.38 bits per heavy atom. The predicted molar refractivity (Wildman–Crippen MR) is 96.9 cm³/mol. The van der Waals surface area contributed by atoms with Crippen molar-refractivity contribution in [1.82, 2.24) is 0 Å². The summed E-state index contributed by atoms with van der Waals surface area (Å²) >= 11 is 1.35. The van der Waals surface area contributed by atoms with Gasteiger partial charge in [0.2, 0.25) is 5.60 Å². The van der Waals surface area contributed by atoms with Crippen molar-refractivity contribution >= 4 is 17.3 Å². The molecule has 0 saturated carbocycles. The standard InChI is InChI=1S/C19H26NO3S/c1-4-20(3,5-2)13-14-23-18(21)19(22,17-12-9-15-24-17)16-10-7-6-8-11-16/h6-12,15,22H,4-5,13-14H2,1-3H3/q+1. The summed E-state index contributed by atoms with van der Waals surface area (Å²) in [5, 5.41) is 13.0. The molecule has 0 radical (unpaired) electrons. The molecule has 5 heteroatoms. The highest BCUT2D eigenvalue weighted by atomic mass is 32.1. The molecule has 2 aromatic rings. The number of carbonyl (C=O) groups is 1. The van der Waals surface area contributed by atoms with Crippen LogP contribution in [0.5, 0.6) is 0 Å². The van der Waals surface area contributed by atoms with Crippen molar-refractivity contribution < 1.29 is 19.1 Å². The van der Waals surface area contributed by atoms with Gasteiger partial charge >= 0.3 is 5.97 Å². The molecule has 0 amide bonds. The van der Waals surface area contributed by atoms with Crippen LogP contribution < -0.4 is 0 Å². The zero-order chi connectivity index (χ0) is 17.6. The molecule has 0 aliphatic rings. The van der Waals surface area contributed by atoms with E-state index in [2.05, 4.69) is 20.9 Å². The normalized spacial score (nSPS) is 14.2. The molecule has 0 bridgehead atoms. The van der Waals surface area contributed by atoms with E-state index < -0.39 is 11.6 Å². The van der Waals surface area contributed by atoms with Gasteiger partial charge in [-0.15, -0.1) is 11.3 Å². The summed E-state index contributed by atoms with van der Waals surface area (Å²) in [6.07, 6.45) is 0. The van der Waals surface area contributed by atoms with Crippen molar-refractivity contribution in [3.63, 3.8) is 0 Å². The van der Waals surface area contributed by atoms with E-state index >= 15 is 0 Å². The topological polar surface area (TPSA) is 46.5 Å². The number of likely N-dealkylation sites (N-methyl/N-ethyl adjacent to an activating group) is 1. The van der Waals surface area contributed by atoms with Crippen LogP contribution in [0.25, 0.3) is 0 Å². The van der Waals surface area contributed by atoms with E-state index in [1.54, 1.807) is 18.2 Å². The molecule has 0 aliphatic heterocycles. The smallest absolute Gasteiger partial charge is 0.348 e. The Morgan fingerprint density at radius 1 is 1.17 bits per heavy atom. The van der Waals surface area contributed by atoms with E-state index in [1.807, 2.05) is 29.6 Å². The second-order valence-corrected chi connectivity index (χ2v) is 7.11. The van der Waals surface area contributed by atoms with E-state index in [-0.39, 0.29) is 6.61 Å². The van der Waals surface area contributed by atoms with Crippen LogP contribution in [-0.2, 0) is 15.1 Å². The van der Waals surface area contributed by atoms with Crippen molar-refractivity contribution in [2.45, 2.75) is 19.4 Å². The molecule has 1 heterocycles. The molecule has 1 N–H and O–H groups in total. The molecule has 0 spiro atoms. The lowest BCUT2D eigenvalue weighted by atomic mass is 9.92. The summed E-state index contributed by atoms with van der Waals surface area (Å²) in [6, 6.07) is 12.6. The first-order chi connectivity index (χ1) is 11.5. The quantitative estimate of drug-likeness (QED) is 0.589. The van der Waals surface area contributed by atoms with E-state index in [0.29, 0.717) is 10.4 Å².